The van der Waals surface area contributed by atoms with Crippen LogP contribution in [0.25, 0.3) is 0 Å². The number of aryl methyl sites for hydroxylation is 2. The van der Waals surface area contributed by atoms with Gasteiger partial charge >= 0.3 is 0 Å². The van der Waals surface area contributed by atoms with Gasteiger partial charge in [-0.2, -0.15) is 0 Å². The Labute approximate surface area is 108 Å². The van der Waals surface area contributed by atoms with Gasteiger partial charge in [-0.1, -0.05) is 60.2 Å². The molecule has 0 fully saturated rings. The minimum absolute atomic E-state index is 0.307. The zero-order chi connectivity index (χ0) is 12.8. The molecule has 0 aliphatic heterocycles. The molecule has 0 N–H and O–H groups in total. The molecule has 0 spiro atoms. The molecule has 0 saturated heterocycles. The second-order valence-electron chi connectivity index (χ2n) is 4.69. The molecule has 0 unspecified atom stereocenters. The van der Waals surface area contributed by atoms with E-state index in [1.54, 1.807) is 0 Å². The molecular formula is C17H18O. The zero-order valence-electron chi connectivity index (χ0n) is 10.7. The predicted octanol–water partition coefficient (Wildman–Crippen LogP) is 3.74. The first-order valence-corrected chi connectivity index (χ1v) is 6.35. The van der Waals surface area contributed by atoms with E-state index < -0.39 is 0 Å². The van der Waals surface area contributed by atoms with E-state index in [9.17, 15) is 4.79 Å². The summed E-state index contributed by atoms with van der Waals surface area (Å²) in [5.74, 6) is 0.307. The third-order valence-electron chi connectivity index (χ3n) is 3.06. The van der Waals surface area contributed by atoms with Crippen molar-refractivity contribution in [1.29, 1.82) is 0 Å². The number of benzene rings is 2. The van der Waals surface area contributed by atoms with Crippen LogP contribution < -0.4 is 0 Å². The van der Waals surface area contributed by atoms with Crippen LogP contribution in [0.2, 0.25) is 0 Å². The second-order valence-corrected chi connectivity index (χ2v) is 4.69. The Balaban J connectivity index is 1.83. The summed E-state index contributed by atoms with van der Waals surface area (Å²) >= 11 is 0. The van der Waals surface area contributed by atoms with Crippen LogP contribution in [-0.4, -0.2) is 5.78 Å². The highest BCUT2D eigenvalue weighted by Gasteiger charge is 2.04. The van der Waals surface area contributed by atoms with E-state index in [0.717, 1.165) is 12.0 Å². The van der Waals surface area contributed by atoms with Gasteiger partial charge in [0.05, 0.1) is 0 Å². The largest absolute Gasteiger partial charge is 0.299 e. The standard InChI is InChI=1S/C17H18O/c1-14-7-9-15(10-8-14)11-12-17(18)13-16-5-3-2-4-6-16/h2-10H,11-13H2,1H3. The quantitative estimate of drug-likeness (QED) is 0.775. The van der Waals surface area contributed by atoms with Crippen LogP contribution in [0.1, 0.15) is 23.1 Å². The van der Waals surface area contributed by atoms with Crippen LogP contribution >= 0.6 is 0 Å². The molecule has 0 aliphatic carbocycles. The fraction of sp³-hybridized carbons (Fsp3) is 0.235. The number of ketones is 1. The number of carbonyl (C=O) groups is 1. The first-order valence-electron chi connectivity index (χ1n) is 6.35. The van der Waals surface area contributed by atoms with E-state index in [0.29, 0.717) is 18.6 Å². The highest BCUT2D eigenvalue weighted by molar-refractivity contribution is 5.81. The molecule has 0 bridgehead atoms. The molecule has 2 aromatic rings. The van der Waals surface area contributed by atoms with E-state index in [1.807, 2.05) is 30.3 Å². The molecule has 0 heterocycles. The summed E-state index contributed by atoms with van der Waals surface area (Å²) in [6.07, 6.45) is 2.01. The van der Waals surface area contributed by atoms with E-state index in [4.69, 9.17) is 0 Å². The van der Waals surface area contributed by atoms with Gasteiger partial charge in [0, 0.05) is 12.8 Å². The maximum atomic E-state index is 11.9. The molecule has 18 heavy (non-hydrogen) atoms. The van der Waals surface area contributed by atoms with Crippen molar-refractivity contribution in [3.05, 3.63) is 71.3 Å². The van der Waals surface area contributed by atoms with Crippen LogP contribution in [0.4, 0.5) is 0 Å². The molecule has 0 amide bonds. The minimum atomic E-state index is 0.307. The fourth-order valence-corrected chi connectivity index (χ4v) is 1.95. The van der Waals surface area contributed by atoms with Crippen molar-refractivity contribution in [2.75, 3.05) is 0 Å². The number of hydrogen-bond acceptors (Lipinski definition) is 1. The Morgan fingerprint density at radius 3 is 2.22 bits per heavy atom. The Morgan fingerprint density at radius 1 is 0.889 bits per heavy atom. The van der Waals surface area contributed by atoms with Crippen molar-refractivity contribution in [2.24, 2.45) is 0 Å². The molecule has 1 heteroatoms. The zero-order valence-corrected chi connectivity index (χ0v) is 10.7. The van der Waals surface area contributed by atoms with Crippen molar-refractivity contribution in [3.8, 4) is 0 Å². The van der Waals surface area contributed by atoms with Crippen molar-refractivity contribution in [3.63, 3.8) is 0 Å². The first kappa shape index (κ1) is 12.6. The summed E-state index contributed by atoms with van der Waals surface area (Å²) in [5, 5.41) is 0. The summed E-state index contributed by atoms with van der Waals surface area (Å²) in [6.45, 7) is 2.07. The van der Waals surface area contributed by atoms with Crippen molar-refractivity contribution >= 4 is 5.78 Å². The highest BCUT2D eigenvalue weighted by Crippen LogP contribution is 2.08. The summed E-state index contributed by atoms with van der Waals surface area (Å²) < 4.78 is 0. The Hall–Kier alpha value is -1.89. The summed E-state index contributed by atoms with van der Waals surface area (Å²) in [4.78, 5) is 11.9. The number of carbonyl (C=O) groups excluding carboxylic acids is 1. The molecule has 92 valence electrons. The van der Waals surface area contributed by atoms with Gasteiger partial charge in [0.2, 0.25) is 0 Å². The summed E-state index contributed by atoms with van der Waals surface area (Å²) in [7, 11) is 0. The maximum Gasteiger partial charge on any atom is 0.137 e. The van der Waals surface area contributed by atoms with Gasteiger partial charge in [0.1, 0.15) is 5.78 Å². The van der Waals surface area contributed by atoms with Crippen LogP contribution in [0.3, 0.4) is 0 Å². The molecule has 2 aromatic carbocycles. The van der Waals surface area contributed by atoms with Gasteiger partial charge in [-0.25, -0.2) is 0 Å². The number of Topliss-reactive ketones (excluding diaryl/α,β-unsaturated/α-hetero) is 1. The van der Waals surface area contributed by atoms with Gasteiger partial charge in [0.25, 0.3) is 0 Å². The van der Waals surface area contributed by atoms with Gasteiger partial charge in [-0.05, 0) is 24.5 Å². The molecule has 0 saturated carbocycles. The summed E-state index contributed by atoms with van der Waals surface area (Å²) in [6, 6.07) is 18.3. The van der Waals surface area contributed by atoms with Gasteiger partial charge in [-0.15, -0.1) is 0 Å². The monoisotopic (exact) mass is 238 g/mol. The number of rotatable bonds is 5. The SMILES string of the molecule is Cc1ccc(CCC(=O)Cc2ccccc2)cc1. The van der Waals surface area contributed by atoms with Gasteiger partial charge in [0.15, 0.2) is 0 Å². The Kier molecular flexibility index (Phi) is 4.30. The predicted molar refractivity (Wildman–Crippen MR) is 74.7 cm³/mol. The maximum absolute atomic E-state index is 11.9. The smallest absolute Gasteiger partial charge is 0.137 e. The van der Waals surface area contributed by atoms with Crippen molar-refractivity contribution in [2.45, 2.75) is 26.2 Å². The van der Waals surface area contributed by atoms with E-state index >= 15 is 0 Å². The third kappa shape index (κ3) is 3.85. The normalized spacial score (nSPS) is 10.3. The first-order chi connectivity index (χ1) is 8.74. The lowest BCUT2D eigenvalue weighted by molar-refractivity contribution is -0.118. The van der Waals surface area contributed by atoms with Gasteiger partial charge in [-0.3, -0.25) is 4.79 Å². The number of hydrogen-bond donors (Lipinski definition) is 0. The molecule has 2 rings (SSSR count). The molecule has 0 aliphatic rings. The fourth-order valence-electron chi connectivity index (χ4n) is 1.95. The van der Waals surface area contributed by atoms with Crippen LogP contribution in [0.15, 0.2) is 54.6 Å². The van der Waals surface area contributed by atoms with E-state index in [-0.39, 0.29) is 0 Å². The molecule has 0 aromatic heterocycles. The van der Waals surface area contributed by atoms with Crippen molar-refractivity contribution in [1.82, 2.24) is 0 Å². The van der Waals surface area contributed by atoms with Crippen LogP contribution in [0.5, 0.6) is 0 Å². The van der Waals surface area contributed by atoms with Crippen LogP contribution in [0, 0.1) is 6.92 Å². The molecule has 1 nitrogen and oxygen atoms in total. The lowest BCUT2D eigenvalue weighted by atomic mass is 10.0. The Morgan fingerprint density at radius 2 is 1.56 bits per heavy atom. The average Bonchev–Trinajstić information content (AvgIpc) is 2.39. The van der Waals surface area contributed by atoms with Crippen molar-refractivity contribution < 1.29 is 4.79 Å². The van der Waals surface area contributed by atoms with E-state index in [2.05, 4.69) is 31.2 Å². The Bertz CT molecular complexity index is 497. The third-order valence-corrected chi connectivity index (χ3v) is 3.06. The van der Waals surface area contributed by atoms with E-state index in [1.165, 1.54) is 11.1 Å². The lowest BCUT2D eigenvalue weighted by Gasteiger charge is -2.02. The van der Waals surface area contributed by atoms with Crippen LogP contribution in [-0.2, 0) is 17.6 Å². The minimum Gasteiger partial charge on any atom is -0.299 e. The molecular weight excluding hydrogens is 220 g/mol. The molecule has 0 atom stereocenters. The summed E-state index contributed by atoms with van der Waals surface area (Å²) in [5.41, 5.74) is 3.60. The lowest BCUT2D eigenvalue weighted by Crippen LogP contribution is -2.04. The molecule has 0 radical (unpaired) electrons. The highest BCUT2D eigenvalue weighted by atomic mass is 16.1. The van der Waals surface area contributed by atoms with Gasteiger partial charge < -0.3 is 0 Å². The average molecular weight is 238 g/mol. The second kappa shape index (κ2) is 6.15. The topological polar surface area (TPSA) is 17.1 Å².